The number of imidazole rings is 1. The Morgan fingerprint density at radius 3 is 1.24 bits per heavy atom. The van der Waals surface area contributed by atoms with Crippen molar-refractivity contribution in [1.29, 1.82) is 0 Å². The Balaban J connectivity index is 2.37. The Bertz CT molecular complexity index is 592. The van der Waals surface area contributed by atoms with Crippen molar-refractivity contribution in [3.8, 4) is 0 Å². The van der Waals surface area contributed by atoms with Crippen molar-refractivity contribution in [3.63, 3.8) is 0 Å². The summed E-state index contributed by atoms with van der Waals surface area (Å²) in [6, 6.07) is 0.622. The number of hydrogen-bond donors (Lipinski definition) is 1. The van der Waals surface area contributed by atoms with E-state index in [1.54, 1.807) is 0 Å². The second-order valence-corrected chi connectivity index (χ2v) is 12.6. The molecule has 1 rings (SSSR count). The standard InChI is InChI=1S/C36H70N2/c1-5-8-11-14-16-17-18-19-20-21-22-25-28-31-35(30-27-23-13-10-7-3)36-37-32-33-38(36)34(4)29-26-24-15-12-9-6-2/h32-35H,5-31H2,1-4H3/p+1. The highest BCUT2D eigenvalue weighted by Crippen LogP contribution is 2.27. The summed E-state index contributed by atoms with van der Waals surface area (Å²) in [7, 11) is 0. The lowest BCUT2D eigenvalue weighted by Gasteiger charge is -2.17. The maximum atomic E-state index is 3.72. The molecule has 0 aliphatic carbocycles. The lowest BCUT2D eigenvalue weighted by atomic mass is 9.93. The molecule has 2 unspecified atom stereocenters. The fourth-order valence-electron chi connectivity index (χ4n) is 6.25. The van der Waals surface area contributed by atoms with E-state index in [4.69, 9.17) is 0 Å². The minimum Gasteiger partial charge on any atom is -0.247 e. The molecule has 0 bridgehead atoms. The monoisotopic (exact) mass is 532 g/mol. The molecular weight excluding hydrogens is 460 g/mol. The van der Waals surface area contributed by atoms with E-state index in [2.05, 4.69) is 49.6 Å². The third kappa shape index (κ3) is 18.5. The highest BCUT2D eigenvalue weighted by molar-refractivity contribution is 4.90. The first-order valence-corrected chi connectivity index (χ1v) is 17.8. The average molecular weight is 532 g/mol. The van der Waals surface area contributed by atoms with Gasteiger partial charge in [-0.2, -0.15) is 0 Å². The van der Waals surface area contributed by atoms with Gasteiger partial charge in [0.1, 0.15) is 12.4 Å². The molecule has 0 spiro atoms. The Morgan fingerprint density at radius 1 is 0.500 bits per heavy atom. The maximum absolute atomic E-state index is 3.72. The Labute approximate surface area is 240 Å². The minimum atomic E-state index is 0.622. The van der Waals surface area contributed by atoms with E-state index in [9.17, 15) is 0 Å². The van der Waals surface area contributed by atoms with E-state index in [-0.39, 0.29) is 0 Å². The number of nitrogens with zero attached hydrogens (tertiary/aromatic N) is 1. The van der Waals surface area contributed by atoms with Crippen molar-refractivity contribution in [2.75, 3.05) is 0 Å². The number of H-pyrrole nitrogens is 1. The zero-order valence-corrected chi connectivity index (χ0v) is 26.8. The van der Waals surface area contributed by atoms with Gasteiger partial charge < -0.3 is 0 Å². The highest BCUT2D eigenvalue weighted by atomic mass is 15.1. The van der Waals surface area contributed by atoms with Crippen molar-refractivity contribution < 1.29 is 4.57 Å². The Hall–Kier alpha value is -0.790. The van der Waals surface area contributed by atoms with E-state index in [1.807, 2.05) is 0 Å². The van der Waals surface area contributed by atoms with Gasteiger partial charge in [-0.05, 0) is 32.6 Å². The lowest BCUT2D eigenvalue weighted by molar-refractivity contribution is -0.727. The van der Waals surface area contributed by atoms with Crippen LogP contribution >= 0.6 is 0 Å². The van der Waals surface area contributed by atoms with Crippen molar-refractivity contribution >= 4 is 0 Å². The third-order valence-corrected chi connectivity index (χ3v) is 8.89. The largest absolute Gasteiger partial charge is 0.257 e. The van der Waals surface area contributed by atoms with Gasteiger partial charge in [0.05, 0.1) is 12.0 Å². The molecule has 0 amide bonds. The predicted molar refractivity (Wildman–Crippen MR) is 170 cm³/mol. The number of aromatic nitrogens is 2. The van der Waals surface area contributed by atoms with Crippen LogP contribution in [-0.4, -0.2) is 4.98 Å². The summed E-state index contributed by atoms with van der Waals surface area (Å²) in [5, 5.41) is 0. The lowest BCUT2D eigenvalue weighted by Crippen LogP contribution is -2.41. The van der Waals surface area contributed by atoms with Crippen LogP contribution in [0.25, 0.3) is 0 Å². The second kappa shape index (κ2) is 26.4. The zero-order chi connectivity index (χ0) is 27.5. The molecule has 0 saturated carbocycles. The quantitative estimate of drug-likeness (QED) is 0.0783. The predicted octanol–water partition coefficient (Wildman–Crippen LogP) is 12.5. The highest BCUT2D eigenvalue weighted by Gasteiger charge is 2.25. The molecule has 1 aromatic rings. The maximum Gasteiger partial charge on any atom is 0.257 e. The summed E-state index contributed by atoms with van der Waals surface area (Å²) in [4.78, 5) is 3.72. The van der Waals surface area contributed by atoms with E-state index in [0.29, 0.717) is 12.0 Å². The summed E-state index contributed by atoms with van der Waals surface area (Å²) in [5.41, 5.74) is 0. The summed E-state index contributed by atoms with van der Waals surface area (Å²) in [6.07, 6.45) is 42.7. The number of aromatic amines is 1. The molecule has 2 atom stereocenters. The zero-order valence-electron chi connectivity index (χ0n) is 26.8. The number of rotatable bonds is 29. The van der Waals surface area contributed by atoms with E-state index < -0.39 is 0 Å². The third-order valence-electron chi connectivity index (χ3n) is 8.89. The molecular formula is C36H71N2+. The van der Waals surface area contributed by atoms with Crippen LogP contribution in [-0.2, 0) is 0 Å². The van der Waals surface area contributed by atoms with Crippen LogP contribution in [0.15, 0.2) is 12.4 Å². The molecule has 0 saturated heterocycles. The molecule has 38 heavy (non-hydrogen) atoms. The average Bonchev–Trinajstić information content (AvgIpc) is 3.42. The number of unbranched alkanes of at least 4 members (excludes halogenated alkanes) is 21. The van der Waals surface area contributed by atoms with Gasteiger partial charge in [0.25, 0.3) is 5.82 Å². The summed E-state index contributed by atoms with van der Waals surface area (Å²) < 4.78 is 2.62. The molecule has 0 fully saturated rings. The van der Waals surface area contributed by atoms with Gasteiger partial charge in [0.2, 0.25) is 0 Å². The fourth-order valence-corrected chi connectivity index (χ4v) is 6.25. The normalized spacial score (nSPS) is 13.3. The van der Waals surface area contributed by atoms with Gasteiger partial charge in [-0.15, -0.1) is 0 Å². The van der Waals surface area contributed by atoms with E-state index in [1.165, 1.54) is 179 Å². The van der Waals surface area contributed by atoms with Crippen LogP contribution in [0.3, 0.4) is 0 Å². The van der Waals surface area contributed by atoms with Crippen LogP contribution in [0.4, 0.5) is 0 Å². The molecule has 224 valence electrons. The smallest absolute Gasteiger partial charge is 0.247 e. The minimum absolute atomic E-state index is 0.622. The van der Waals surface area contributed by atoms with Gasteiger partial charge in [0, 0.05) is 0 Å². The molecule has 1 N–H and O–H groups in total. The van der Waals surface area contributed by atoms with Gasteiger partial charge in [-0.1, -0.05) is 168 Å². The molecule has 0 radical (unpaired) electrons. The van der Waals surface area contributed by atoms with Gasteiger partial charge in [-0.25, -0.2) is 9.55 Å². The first-order chi connectivity index (χ1) is 18.7. The van der Waals surface area contributed by atoms with Gasteiger partial charge >= 0.3 is 0 Å². The van der Waals surface area contributed by atoms with Gasteiger partial charge in [-0.3, -0.25) is 0 Å². The molecule has 0 aromatic carbocycles. The number of nitrogens with one attached hydrogen (secondary N) is 1. The second-order valence-electron chi connectivity index (χ2n) is 12.6. The molecule has 1 heterocycles. The van der Waals surface area contributed by atoms with Crippen LogP contribution < -0.4 is 4.57 Å². The fraction of sp³-hybridized carbons (Fsp3) is 0.917. The SMILES string of the molecule is CCCCCCCCCCCCCCCC(CCCCCCC)c1[nH]cc[n+]1C(C)CCCCCCCC. The molecule has 2 heteroatoms. The molecule has 1 aromatic heterocycles. The molecule has 2 nitrogen and oxygen atoms in total. The van der Waals surface area contributed by atoms with Crippen LogP contribution in [0, 0.1) is 0 Å². The first-order valence-electron chi connectivity index (χ1n) is 17.8. The Morgan fingerprint density at radius 2 is 0.842 bits per heavy atom. The summed E-state index contributed by atoms with van der Waals surface area (Å²) in [6.45, 7) is 9.39. The Kier molecular flexibility index (Phi) is 24.5. The summed E-state index contributed by atoms with van der Waals surface area (Å²) >= 11 is 0. The molecule has 0 aliphatic heterocycles. The molecule has 0 aliphatic rings. The van der Waals surface area contributed by atoms with E-state index >= 15 is 0 Å². The van der Waals surface area contributed by atoms with Crippen molar-refractivity contribution in [2.24, 2.45) is 0 Å². The first kappa shape index (κ1) is 35.2. The van der Waals surface area contributed by atoms with Gasteiger partial charge in [0.15, 0.2) is 0 Å². The van der Waals surface area contributed by atoms with Crippen molar-refractivity contribution in [2.45, 2.75) is 213 Å². The van der Waals surface area contributed by atoms with Crippen LogP contribution in [0.1, 0.15) is 219 Å². The van der Waals surface area contributed by atoms with E-state index in [0.717, 1.165) is 0 Å². The van der Waals surface area contributed by atoms with Crippen LogP contribution in [0.2, 0.25) is 0 Å². The van der Waals surface area contributed by atoms with Crippen molar-refractivity contribution in [1.82, 2.24) is 4.98 Å². The van der Waals surface area contributed by atoms with Crippen molar-refractivity contribution in [3.05, 3.63) is 18.2 Å². The van der Waals surface area contributed by atoms with Crippen LogP contribution in [0.5, 0.6) is 0 Å². The topological polar surface area (TPSA) is 19.7 Å². The number of hydrogen-bond acceptors (Lipinski definition) is 0. The summed E-state index contributed by atoms with van der Waals surface area (Å²) in [5.74, 6) is 2.24.